The van der Waals surface area contributed by atoms with Crippen molar-refractivity contribution in [1.82, 2.24) is 4.98 Å². The van der Waals surface area contributed by atoms with Crippen LogP contribution in [0.2, 0.25) is 0 Å². The number of rotatable bonds is 6. The summed E-state index contributed by atoms with van der Waals surface area (Å²) in [5, 5.41) is 0.792. The van der Waals surface area contributed by atoms with Crippen LogP contribution in [0.5, 0.6) is 17.2 Å². The molecule has 0 aliphatic heterocycles. The van der Waals surface area contributed by atoms with Crippen LogP contribution in [-0.2, 0) is 0 Å². The minimum Gasteiger partial charge on any atom is -0.493 e. The van der Waals surface area contributed by atoms with Crippen molar-refractivity contribution >= 4 is 33.0 Å². The number of methoxy groups -OCH3 is 3. The number of carbonyl (C=O) groups is 1. The molecule has 0 fully saturated rings. The highest BCUT2D eigenvalue weighted by molar-refractivity contribution is 7.21. The molecule has 0 bridgehead atoms. The first-order valence-corrected chi connectivity index (χ1v) is 9.26. The van der Waals surface area contributed by atoms with E-state index in [0.717, 1.165) is 15.9 Å². The van der Waals surface area contributed by atoms with Gasteiger partial charge in [-0.15, -0.1) is 11.3 Å². The number of anilines is 1. The molecule has 0 saturated carbocycles. The second-order valence-corrected chi connectivity index (χ2v) is 7.33. The van der Waals surface area contributed by atoms with Crippen LogP contribution in [0, 0.1) is 0 Å². The topological polar surface area (TPSA) is 83.7 Å². The number of hydrogen-bond donors (Lipinski definition) is 1. The Bertz CT molecular complexity index is 986. The van der Waals surface area contributed by atoms with Gasteiger partial charge in [0.25, 0.3) is 0 Å². The number of nitrogens with zero attached hydrogens (tertiary/aromatic N) is 1. The van der Waals surface area contributed by atoms with Crippen molar-refractivity contribution in [2.45, 2.75) is 19.8 Å². The second kappa shape index (κ2) is 7.44. The normalized spacial score (nSPS) is 11.0. The Hall–Kier alpha value is -2.80. The Kier molecular flexibility index (Phi) is 5.23. The Labute approximate surface area is 161 Å². The number of fused-ring (bicyclic) bond motifs is 1. The van der Waals surface area contributed by atoms with Crippen molar-refractivity contribution < 1.29 is 19.0 Å². The van der Waals surface area contributed by atoms with Crippen LogP contribution in [-0.4, -0.2) is 32.1 Å². The Balaban J connectivity index is 2.12. The first kappa shape index (κ1) is 19.0. The molecular weight excluding hydrogens is 364 g/mol. The summed E-state index contributed by atoms with van der Waals surface area (Å²) in [5.74, 6) is 1.36. The van der Waals surface area contributed by atoms with Gasteiger partial charge in [-0.1, -0.05) is 13.8 Å². The predicted octanol–water partition coefficient (Wildman–Crippen LogP) is 4.26. The van der Waals surface area contributed by atoms with Gasteiger partial charge in [-0.3, -0.25) is 4.79 Å². The van der Waals surface area contributed by atoms with Crippen LogP contribution in [0.3, 0.4) is 0 Å². The lowest BCUT2D eigenvalue weighted by atomic mass is 10.1. The van der Waals surface area contributed by atoms with Crippen molar-refractivity contribution in [2.24, 2.45) is 0 Å². The summed E-state index contributed by atoms with van der Waals surface area (Å²) in [5.41, 5.74) is 8.08. The zero-order chi connectivity index (χ0) is 19.7. The standard InChI is InChI=1S/C20H22N2O4S/c1-10(2)13-7-6-12-16(21)19(27-20(12)22-13)17(23)11-8-14(24-3)18(26-5)15(9-11)25-4/h6-10H,21H2,1-5H3. The van der Waals surface area contributed by atoms with Crippen LogP contribution < -0.4 is 19.9 Å². The summed E-state index contributed by atoms with van der Waals surface area (Å²) in [6.45, 7) is 4.15. The summed E-state index contributed by atoms with van der Waals surface area (Å²) in [6.07, 6.45) is 0. The highest BCUT2D eigenvalue weighted by Crippen LogP contribution is 2.40. The monoisotopic (exact) mass is 386 g/mol. The maximum absolute atomic E-state index is 13.1. The van der Waals surface area contributed by atoms with Crippen LogP contribution in [0.15, 0.2) is 24.3 Å². The van der Waals surface area contributed by atoms with E-state index in [9.17, 15) is 4.79 Å². The van der Waals surface area contributed by atoms with E-state index in [0.29, 0.717) is 39.3 Å². The molecule has 0 amide bonds. The molecule has 3 rings (SSSR count). The zero-order valence-corrected chi connectivity index (χ0v) is 16.8. The average Bonchev–Trinajstić information content (AvgIpc) is 3.01. The first-order valence-electron chi connectivity index (χ1n) is 8.44. The highest BCUT2D eigenvalue weighted by Gasteiger charge is 2.23. The Morgan fingerprint density at radius 2 is 1.70 bits per heavy atom. The van der Waals surface area contributed by atoms with Gasteiger partial charge in [0, 0.05) is 16.6 Å². The van der Waals surface area contributed by atoms with Crippen molar-refractivity contribution in [2.75, 3.05) is 27.1 Å². The van der Waals surface area contributed by atoms with Crippen molar-refractivity contribution in [3.8, 4) is 17.2 Å². The van der Waals surface area contributed by atoms with Crippen LogP contribution in [0.25, 0.3) is 10.2 Å². The minimum absolute atomic E-state index is 0.208. The number of carbonyl (C=O) groups excluding carboxylic acids is 1. The summed E-state index contributed by atoms with van der Waals surface area (Å²) >= 11 is 1.30. The molecule has 2 aromatic heterocycles. The molecule has 0 aliphatic carbocycles. The molecule has 0 atom stereocenters. The van der Waals surface area contributed by atoms with Gasteiger partial charge in [-0.25, -0.2) is 4.98 Å². The lowest BCUT2D eigenvalue weighted by Crippen LogP contribution is -2.04. The number of thiophene rings is 1. The molecule has 2 heterocycles. The molecular formula is C20H22N2O4S. The smallest absolute Gasteiger partial charge is 0.205 e. The number of aromatic nitrogens is 1. The third-order valence-corrected chi connectivity index (χ3v) is 5.45. The van der Waals surface area contributed by atoms with Gasteiger partial charge in [0.15, 0.2) is 11.5 Å². The molecule has 0 aliphatic rings. The maximum atomic E-state index is 13.1. The number of ether oxygens (including phenoxy) is 3. The van der Waals surface area contributed by atoms with Gasteiger partial charge in [-0.05, 0) is 30.2 Å². The molecule has 27 heavy (non-hydrogen) atoms. The molecule has 6 nitrogen and oxygen atoms in total. The van der Waals surface area contributed by atoms with E-state index in [1.807, 2.05) is 12.1 Å². The molecule has 7 heteroatoms. The lowest BCUT2D eigenvalue weighted by molar-refractivity contribution is 0.104. The van der Waals surface area contributed by atoms with E-state index in [-0.39, 0.29) is 5.78 Å². The third kappa shape index (κ3) is 3.30. The number of nitrogen functional groups attached to an aromatic ring is 1. The Morgan fingerprint density at radius 3 is 2.22 bits per heavy atom. The van der Waals surface area contributed by atoms with Gasteiger partial charge in [-0.2, -0.15) is 0 Å². The van der Waals surface area contributed by atoms with Crippen LogP contribution >= 0.6 is 11.3 Å². The number of ketones is 1. The maximum Gasteiger partial charge on any atom is 0.205 e. The molecule has 0 spiro atoms. The van der Waals surface area contributed by atoms with Gasteiger partial charge in [0.2, 0.25) is 11.5 Å². The SMILES string of the molecule is COc1cc(C(=O)c2sc3nc(C(C)C)ccc3c2N)cc(OC)c1OC. The van der Waals surface area contributed by atoms with Gasteiger partial charge in [0.05, 0.1) is 27.0 Å². The fraction of sp³-hybridized carbons (Fsp3) is 0.300. The minimum atomic E-state index is -0.208. The molecule has 1 aromatic carbocycles. The summed E-state index contributed by atoms with van der Waals surface area (Å²) in [6, 6.07) is 7.13. The van der Waals surface area contributed by atoms with E-state index in [1.54, 1.807) is 12.1 Å². The second-order valence-electron chi connectivity index (χ2n) is 6.33. The molecule has 2 N–H and O–H groups in total. The van der Waals surface area contributed by atoms with E-state index in [1.165, 1.54) is 32.7 Å². The van der Waals surface area contributed by atoms with E-state index in [2.05, 4.69) is 18.8 Å². The number of benzene rings is 1. The molecule has 142 valence electrons. The largest absolute Gasteiger partial charge is 0.493 e. The number of hydrogen-bond acceptors (Lipinski definition) is 7. The fourth-order valence-electron chi connectivity index (χ4n) is 2.84. The van der Waals surface area contributed by atoms with Crippen LogP contribution in [0.1, 0.15) is 40.7 Å². The zero-order valence-electron chi connectivity index (χ0n) is 16.0. The van der Waals surface area contributed by atoms with Gasteiger partial charge in [0.1, 0.15) is 9.71 Å². The van der Waals surface area contributed by atoms with E-state index < -0.39 is 0 Å². The summed E-state index contributed by atoms with van der Waals surface area (Å²) < 4.78 is 16.0. The Morgan fingerprint density at radius 1 is 1.07 bits per heavy atom. The molecule has 3 aromatic rings. The van der Waals surface area contributed by atoms with Gasteiger partial charge < -0.3 is 19.9 Å². The summed E-state index contributed by atoms with van der Waals surface area (Å²) in [7, 11) is 4.54. The van der Waals surface area contributed by atoms with Gasteiger partial charge >= 0.3 is 0 Å². The fourth-order valence-corrected chi connectivity index (χ4v) is 3.91. The van der Waals surface area contributed by atoms with E-state index in [4.69, 9.17) is 19.9 Å². The molecule has 0 saturated heterocycles. The van der Waals surface area contributed by atoms with Crippen molar-refractivity contribution in [1.29, 1.82) is 0 Å². The average molecular weight is 386 g/mol. The highest BCUT2D eigenvalue weighted by atomic mass is 32.1. The predicted molar refractivity (Wildman–Crippen MR) is 108 cm³/mol. The van der Waals surface area contributed by atoms with Crippen molar-refractivity contribution in [3.05, 3.63) is 40.4 Å². The quantitative estimate of drug-likeness (QED) is 0.637. The molecule has 0 radical (unpaired) electrons. The summed E-state index contributed by atoms with van der Waals surface area (Å²) in [4.78, 5) is 19.0. The third-order valence-electron chi connectivity index (χ3n) is 4.34. The van der Waals surface area contributed by atoms with Crippen molar-refractivity contribution in [3.63, 3.8) is 0 Å². The molecule has 0 unspecified atom stereocenters. The van der Waals surface area contributed by atoms with E-state index >= 15 is 0 Å². The first-order chi connectivity index (χ1) is 12.9. The number of nitrogens with two attached hydrogens (primary N) is 1. The number of pyridine rings is 1. The lowest BCUT2D eigenvalue weighted by Gasteiger charge is -2.13. The van der Waals surface area contributed by atoms with Crippen LogP contribution in [0.4, 0.5) is 5.69 Å².